The fourth-order valence-electron chi connectivity index (χ4n) is 4.45. The van der Waals surface area contributed by atoms with E-state index in [2.05, 4.69) is 10.5 Å². The summed E-state index contributed by atoms with van der Waals surface area (Å²) in [4.78, 5) is 26.8. The van der Waals surface area contributed by atoms with Gasteiger partial charge in [-0.2, -0.15) is 0 Å². The molecule has 3 aliphatic rings. The second kappa shape index (κ2) is 5.66. The van der Waals surface area contributed by atoms with Crippen LogP contribution in [0.3, 0.4) is 0 Å². The van der Waals surface area contributed by atoms with Crippen LogP contribution in [-0.4, -0.2) is 28.7 Å². The number of thiophene rings is 1. The Hall–Kier alpha value is -2.67. The predicted molar refractivity (Wildman–Crippen MR) is 103 cm³/mol. The molecule has 2 aromatic rings. The van der Waals surface area contributed by atoms with Crippen LogP contribution in [0.25, 0.3) is 0 Å². The first-order valence-corrected chi connectivity index (χ1v) is 9.94. The SMILES string of the molecule is Nc1sc2c(c1C(=O)NC1CC1)CCC1(CC(=NO)c3ccccc31)C2=O. The number of hydrogen-bond acceptors (Lipinski definition) is 6. The summed E-state index contributed by atoms with van der Waals surface area (Å²) in [7, 11) is 0. The Kier molecular flexibility index (Phi) is 3.46. The van der Waals surface area contributed by atoms with E-state index < -0.39 is 5.41 Å². The maximum Gasteiger partial charge on any atom is 0.254 e. The zero-order chi connectivity index (χ0) is 18.8. The monoisotopic (exact) mass is 381 g/mol. The van der Waals surface area contributed by atoms with Crippen LogP contribution < -0.4 is 11.1 Å². The van der Waals surface area contributed by atoms with E-state index in [0.717, 1.165) is 29.5 Å². The van der Waals surface area contributed by atoms with Crippen LogP contribution in [0, 0.1) is 0 Å². The minimum absolute atomic E-state index is 0.0166. The Morgan fingerprint density at radius 1 is 1.33 bits per heavy atom. The molecular formula is C20H19N3O3S. The van der Waals surface area contributed by atoms with Crippen molar-refractivity contribution in [2.45, 2.75) is 43.6 Å². The Labute approximate surface area is 160 Å². The van der Waals surface area contributed by atoms with Gasteiger partial charge in [-0.1, -0.05) is 29.4 Å². The summed E-state index contributed by atoms with van der Waals surface area (Å²) in [5.41, 5.74) is 8.96. The van der Waals surface area contributed by atoms with Gasteiger partial charge in [0.05, 0.1) is 26.6 Å². The van der Waals surface area contributed by atoms with Gasteiger partial charge >= 0.3 is 0 Å². The number of carbonyl (C=O) groups is 2. The molecule has 5 rings (SSSR count). The molecule has 1 aromatic carbocycles. The fourth-order valence-corrected chi connectivity index (χ4v) is 5.61. The number of nitrogen functional groups attached to an aromatic ring is 1. The summed E-state index contributed by atoms with van der Waals surface area (Å²) in [6, 6.07) is 7.85. The minimum atomic E-state index is -0.729. The Bertz CT molecular complexity index is 1020. The third-order valence-corrected chi connectivity index (χ3v) is 7.02. The standard InChI is InChI=1S/C20H19N3O3S/c21-18-15(19(25)22-10-5-6-10)12-7-8-20(17(24)16(12)27-18)9-14(23-26)11-3-1-2-4-13(11)20/h1-4,10,26H,5-9,21H2,(H,22,25). The van der Waals surface area contributed by atoms with Crippen molar-refractivity contribution >= 4 is 33.7 Å². The number of carbonyl (C=O) groups excluding carboxylic acids is 2. The molecule has 1 atom stereocenters. The van der Waals surface area contributed by atoms with Gasteiger partial charge < -0.3 is 16.3 Å². The summed E-state index contributed by atoms with van der Waals surface area (Å²) in [5, 5.41) is 16.3. The summed E-state index contributed by atoms with van der Waals surface area (Å²) in [5.74, 6) is -0.183. The van der Waals surface area contributed by atoms with Crippen LogP contribution in [0.15, 0.2) is 29.4 Å². The van der Waals surface area contributed by atoms with E-state index in [9.17, 15) is 14.8 Å². The first-order chi connectivity index (χ1) is 13.0. The number of ketones is 1. The first kappa shape index (κ1) is 16.5. The van der Waals surface area contributed by atoms with Crippen LogP contribution in [0.4, 0.5) is 5.00 Å². The van der Waals surface area contributed by atoms with Crippen LogP contribution in [0.5, 0.6) is 0 Å². The van der Waals surface area contributed by atoms with Crippen LogP contribution in [0.1, 0.15) is 62.4 Å². The maximum absolute atomic E-state index is 13.6. The molecule has 1 heterocycles. The van der Waals surface area contributed by atoms with Gasteiger partial charge in [0.15, 0.2) is 5.78 Å². The minimum Gasteiger partial charge on any atom is -0.411 e. The van der Waals surface area contributed by atoms with E-state index >= 15 is 0 Å². The lowest BCUT2D eigenvalue weighted by Crippen LogP contribution is -2.38. The van der Waals surface area contributed by atoms with E-state index in [1.165, 1.54) is 11.3 Å². The number of hydrogen-bond donors (Lipinski definition) is 3. The van der Waals surface area contributed by atoms with Crippen LogP contribution in [-0.2, 0) is 11.8 Å². The lowest BCUT2D eigenvalue weighted by molar-refractivity contribution is 0.0874. The summed E-state index contributed by atoms with van der Waals surface area (Å²) in [6.07, 6.45) is 3.56. The quantitative estimate of drug-likeness (QED) is 0.549. The third-order valence-electron chi connectivity index (χ3n) is 5.96. The number of anilines is 1. The number of benzene rings is 1. The molecular weight excluding hydrogens is 362 g/mol. The largest absolute Gasteiger partial charge is 0.411 e. The van der Waals surface area contributed by atoms with E-state index in [-0.39, 0.29) is 17.7 Å². The number of nitrogens with zero attached hydrogens (tertiary/aromatic N) is 1. The van der Waals surface area contributed by atoms with Crippen molar-refractivity contribution in [3.63, 3.8) is 0 Å². The van der Waals surface area contributed by atoms with Gasteiger partial charge in [0.25, 0.3) is 5.91 Å². The maximum atomic E-state index is 13.6. The molecule has 1 unspecified atom stereocenters. The summed E-state index contributed by atoms with van der Waals surface area (Å²) >= 11 is 1.21. The smallest absolute Gasteiger partial charge is 0.254 e. The fraction of sp³-hybridized carbons (Fsp3) is 0.350. The van der Waals surface area contributed by atoms with E-state index in [4.69, 9.17) is 5.73 Å². The Morgan fingerprint density at radius 2 is 2.11 bits per heavy atom. The molecule has 138 valence electrons. The molecule has 1 saturated carbocycles. The number of Topliss-reactive ketones (excluding diaryl/α,β-unsaturated/α-hetero) is 1. The van der Waals surface area contributed by atoms with E-state index in [1.807, 2.05) is 24.3 Å². The number of oxime groups is 1. The second-order valence-electron chi connectivity index (χ2n) is 7.58. The van der Waals surface area contributed by atoms with Crippen molar-refractivity contribution < 1.29 is 14.8 Å². The lowest BCUT2D eigenvalue weighted by atomic mass is 9.69. The van der Waals surface area contributed by atoms with Gasteiger partial charge in [0.2, 0.25) is 0 Å². The average Bonchev–Trinajstić information content (AvgIpc) is 3.32. The van der Waals surface area contributed by atoms with Gasteiger partial charge in [-0.15, -0.1) is 11.3 Å². The highest BCUT2D eigenvalue weighted by atomic mass is 32.1. The molecule has 0 radical (unpaired) electrons. The predicted octanol–water partition coefficient (Wildman–Crippen LogP) is 2.87. The van der Waals surface area contributed by atoms with Crippen LogP contribution in [0.2, 0.25) is 0 Å². The Balaban J connectivity index is 1.59. The summed E-state index contributed by atoms with van der Waals surface area (Å²) in [6.45, 7) is 0. The van der Waals surface area contributed by atoms with Crippen molar-refractivity contribution in [3.8, 4) is 0 Å². The highest BCUT2D eigenvalue weighted by molar-refractivity contribution is 7.18. The zero-order valence-electron chi connectivity index (χ0n) is 14.6. The molecule has 7 heteroatoms. The molecule has 27 heavy (non-hydrogen) atoms. The van der Waals surface area contributed by atoms with Crippen molar-refractivity contribution in [2.75, 3.05) is 5.73 Å². The molecule has 0 bridgehead atoms. The normalized spacial score (nSPS) is 24.9. The first-order valence-electron chi connectivity index (χ1n) is 9.13. The van der Waals surface area contributed by atoms with Gasteiger partial charge in [0.1, 0.15) is 0 Å². The highest BCUT2D eigenvalue weighted by Crippen LogP contribution is 2.50. The van der Waals surface area contributed by atoms with Gasteiger partial charge in [-0.05, 0) is 36.8 Å². The average molecular weight is 381 g/mol. The van der Waals surface area contributed by atoms with Gasteiger partial charge in [-0.25, -0.2) is 0 Å². The number of amides is 1. The van der Waals surface area contributed by atoms with Crippen molar-refractivity contribution in [3.05, 3.63) is 51.4 Å². The number of nitrogens with one attached hydrogen (secondary N) is 1. The topological polar surface area (TPSA) is 105 Å². The van der Waals surface area contributed by atoms with Crippen molar-refractivity contribution in [2.24, 2.45) is 5.16 Å². The molecule has 4 N–H and O–H groups in total. The molecule has 0 aliphatic heterocycles. The molecule has 0 saturated heterocycles. The van der Waals surface area contributed by atoms with Gasteiger partial charge in [-0.3, -0.25) is 9.59 Å². The number of rotatable bonds is 2. The number of fused-ring (bicyclic) bond motifs is 3. The lowest BCUT2D eigenvalue weighted by Gasteiger charge is -2.32. The van der Waals surface area contributed by atoms with E-state index in [1.54, 1.807) is 0 Å². The van der Waals surface area contributed by atoms with Crippen molar-refractivity contribution in [1.82, 2.24) is 5.32 Å². The second-order valence-corrected chi connectivity index (χ2v) is 8.63. The van der Waals surface area contributed by atoms with E-state index in [0.29, 0.717) is 40.4 Å². The molecule has 1 aromatic heterocycles. The molecule has 1 amide bonds. The Morgan fingerprint density at radius 3 is 2.85 bits per heavy atom. The van der Waals surface area contributed by atoms with Gasteiger partial charge in [0, 0.05) is 18.0 Å². The molecule has 1 fully saturated rings. The highest BCUT2D eigenvalue weighted by Gasteiger charge is 2.52. The molecule has 6 nitrogen and oxygen atoms in total. The third kappa shape index (κ3) is 2.27. The zero-order valence-corrected chi connectivity index (χ0v) is 15.4. The molecule has 1 spiro atoms. The van der Waals surface area contributed by atoms with Crippen molar-refractivity contribution in [1.29, 1.82) is 0 Å². The summed E-state index contributed by atoms with van der Waals surface area (Å²) < 4.78 is 0. The number of nitrogens with two attached hydrogens (primary N) is 1. The molecule has 3 aliphatic carbocycles. The van der Waals surface area contributed by atoms with Crippen LogP contribution >= 0.6 is 11.3 Å².